The quantitative estimate of drug-likeness (QED) is 0.650. The summed E-state index contributed by atoms with van der Waals surface area (Å²) in [6.07, 6.45) is 1.54. The molecule has 0 saturated heterocycles. The Balaban J connectivity index is 3.10. The van der Waals surface area contributed by atoms with Crippen LogP contribution >= 0.6 is 7.60 Å². The van der Waals surface area contributed by atoms with Gasteiger partial charge in [-0.3, -0.25) is 9.09 Å². The van der Waals surface area contributed by atoms with E-state index >= 15 is 0 Å². The fourth-order valence-corrected chi connectivity index (χ4v) is 3.53. The van der Waals surface area contributed by atoms with E-state index in [1.807, 2.05) is 47.6 Å². The lowest BCUT2D eigenvalue weighted by Crippen LogP contribution is -2.23. The maximum Gasteiger partial charge on any atom is 0.355 e. The highest BCUT2D eigenvalue weighted by molar-refractivity contribution is 7.57. The molecule has 0 amide bonds. The highest BCUT2D eigenvalue weighted by Crippen LogP contribution is 2.64. The summed E-state index contributed by atoms with van der Waals surface area (Å²) in [7, 11) is -3.57. The van der Waals surface area contributed by atoms with Gasteiger partial charge in [-0.25, -0.2) is 0 Å². The predicted octanol–water partition coefficient (Wildman–Crippen LogP) is 3.55. The number of allylic oxidation sites excluding steroid dienone is 1. The molecule has 1 aliphatic rings. The third-order valence-corrected chi connectivity index (χ3v) is 4.43. The van der Waals surface area contributed by atoms with Crippen LogP contribution in [-0.2, 0) is 9.09 Å². The minimum absolute atomic E-state index is 0.147. The standard InChI is InChI=1S/C11H21O3P/c1-10(2,3)8-7-9(11(4,5)6)15(12,13)14-8/h7-8H,1-6H3,(H,12,13). The van der Waals surface area contributed by atoms with Crippen molar-refractivity contribution in [2.45, 2.75) is 47.6 Å². The molecule has 1 N–H and O–H groups in total. The van der Waals surface area contributed by atoms with Crippen LogP contribution in [0, 0.1) is 10.8 Å². The number of hydrogen-bond donors (Lipinski definition) is 1. The summed E-state index contributed by atoms with van der Waals surface area (Å²) in [5.74, 6) is 0. The average molecular weight is 232 g/mol. The smallest absolute Gasteiger partial charge is 0.321 e. The largest absolute Gasteiger partial charge is 0.355 e. The molecule has 0 aliphatic carbocycles. The van der Waals surface area contributed by atoms with Crippen molar-refractivity contribution in [3.05, 3.63) is 11.4 Å². The van der Waals surface area contributed by atoms with Gasteiger partial charge >= 0.3 is 7.60 Å². The van der Waals surface area contributed by atoms with Gasteiger partial charge < -0.3 is 4.89 Å². The molecule has 2 atom stereocenters. The molecule has 0 aromatic rings. The molecular weight excluding hydrogens is 211 g/mol. The molecule has 15 heavy (non-hydrogen) atoms. The normalized spacial score (nSPS) is 33.0. The van der Waals surface area contributed by atoms with Gasteiger partial charge in [0.25, 0.3) is 0 Å². The third kappa shape index (κ3) is 2.72. The van der Waals surface area contributed by atoms with Gasteiger partial charge in [0.15, 0.2) is 0 Å². The van der Waals surface area contributed by atoms with Crippen LogP contribution < -0.4 is 0 Å². The van der Waals surface area contributed by atoms with Gasteiger partial charge in [0.1, 0.15) is 0 Å². The molecular formula is C11H21O3P. The molecule has 0 radical (unpaired) electrons. The van der Waals surface area contributed by atoms with Crippen molar-refractivity contribution < 1.29 is 14.0 Å². The number of hydrogen-bond acceptors (Lipinski definition) is 2. The van der Waals surface area contributed by atoms with Crippen molar-refractivity contribution in [1.29, 1.82) is 0 Å². The first-order valence-corrected chi connectivity index (χ1v) is 6.76. The first-order chi connectivity index (χ1) is 6.44. The van der Waals surface area contributed by atoms with Crippen molar-refractivity contribution in [2.24, 2.45) is 10.8 Å². The first kappa shape index (κ1) is 13.0. The van der Waals surface area contributed by atoms with Crippen LogP contribution in [0.25, 0.3) is 0 Å². The molecule has 0 aromatic carbocycles. The lowest BCUT2D eigenvalue weighted by Gasteiger charge is -2.25. The van der Waals surface area contributed by atoms with Crippen LogP contribution in [0.4, 0.5) is 0 Å². The van der Waals surface area contributed by atoms with Crippen molar-refractivity contribution in [2.75, 3.05) is 0 Å². The minimum Gasteiger partial charge on any atom is -0.321 e. The van der Waals surface area contributed by atoms with Crippen LogP contribution in [0.15, 0.2) is 11.4 Å². The van der Waals surface area contributed by atoms with E-state index in [9.17, 15) is 9.46 Å². The van der Waals surface area contributed by atoms with Crippen LogP contribution in [0.2, 0.25) is 0 Å². The molecule has 3 nitrogen and oxygen atoms in total. The van der Waals surface area contributed by atoms with E-state index in [1.165, 1.54) is 0 Å². The second-order valence-corrected chi connectivity index (χ2v) is 7.95. The Kier molecular flexibility index (Phi) is 2.97. The predicted molar refractivity (Wildman–Crippen MR) is 61.7 cm³/mol. The molecule has 0 bridgehead atoms. The Morgan fingerprint density at radius 3 is 1.93 bits per heavy atom. The molecule has 0 fully saturated rings. The summed E-state index contributed by atoms with van der Waals surface area (Å²) in [4.78, 5) is 9.79. The van der Waals surface area contributed by atoms with E-state index in [-0.39, 0.29) is 16.9 Å². The zero-order chi connectivity index (χ0) is 12.1. The van der Waals surface area contributed by atoms with Crippen molar-refractivity contribution in [3.63, 3.8) is 0 Å². The molecule has 0 aromatic heterocycles. The van der Waals surface area contributed by atoms with E-state index < -0.39 is 7.60 Å². The molecule has 1 aliphatic heterocycles. The van der Waals surface area contributed by atoms with Crippen LogP contribution in [0.1, 0.15) is 41.5 Å². The van der Waals surface area contributed by atoms with Crippen molar-refractivity contribution in [1.82, 2.24) is 0 Å². The summed E-state index contributed by atoms with van der Waals surface area (Å²) < 4.78 is 17.2. The highest BCUT2D eigenvalue weighted by Gasteiger charge is 2.45. The summed E-state index contributed by atoms with van der Waals surface area (Å²) >= 11 is 0. The lowest BCUT2D eigenvalue weighted by atomic mass is 9.86. The molecule has 1 heterocycles. The SMILES string of the molecule is CC(C)(C)C1=CC(C(C)(C)C)OP1(=O)O. The summed E-state index contributed by atoms with van der Waals surface area (Å²) in [6, 6.07) is 0. The van der Waals surface area contributed by atoms with Gasteiger partial charge in [-0.05, 0) is 16.9 Å². The summed E-state index contributed by atoms with van der Waals surface area (Å²) in [5.41, 5.74) is -0.463. The highest BCUT2D eigenvalue weighted by atomic mass is 31.2. The Labute approximate surface area is 92.1 Å². The molecule has 0 saturated carbocycles. The minimum atomic E-state index is -3.57. The molecule has 2 unspecified atom stereocenters. The number of rotatable bonds is 0. The van der Waals surface area contributed by atoms with Gasteiger partial charge in [-0.2, -0.15) is 0 Å². The molecule has 4 heteroatoms. The first-order valence-electron chi connectivity index (χ1n) is 5.19. The van der Waals surface area contributed by atoms with Gasteiger partial charge in [-0.15, -0.1) is 0 Å². The van der Waals surface area contributed by atoms with E-state index in [0.717, 1.165) is 0 Å². The van der Waals surface area contributed by atoms with E-state index in [1.54, 1.807) is 0 Å². The zero-order valence-electron chi connectivity index (χ0n) is 10.4. The zero-order valence-corrected chi connectivity index (χ0v) is 11.3. The van der Waals surface area contributed by atoms with Gasteiger partial charge in [0, 0.05) is 5.31 Å². The van der Waals surface area contributed by atoms with E-state index in [2.05, 4.69) is 0 Å². The summed E-state index contributed by atoms with van der Waals surface area (Å²) in [6.45, 7) is 11.8. The second-order valence-electron chi connectivity index (χ2n) is 6.21. The van der Waals surface area contributed by atoms with Crippen LogP contribution in [0.3, 0.4) is 0 Å². The molecule has 0 spiro atoms. The van der Waals surface area contributed by atoms with Crippen molar-refractivity contribution >= 4 is 7.60 Å². The Morgan fingerprint density at radius 2 is 1.73 bits per heavy atom. The average Bonchev–Trinajstić information content (AvgIpc) is 2.22. The van der Waals surface area contributed by atoms with Gasteiger partial charge in [-0.1, -0.05) is 41.5 Å². The van der Waals surface area contributed by atoms with Crippen LogP contribution in [0.5, 0.6) is 0 Å². The fourth-order valence-electron chi connectivity index (χ4n) is 1.56. The van der Waals surface area contributed by atoms with Crippen LogP contribution in [-0.4, -0.2) is 11.0 Å². The van der Waals surface area contributed by atoms with Gasteiger partial charge in [0.05, 0.1) is 6.10 Å². The molecule has 88 valence electrons. The second kappa shape index (κ2) is 3.44. The lowest BCUT2D eigenvalue weighted by molar-refractivity contribution is 0.125. The Hall–Kier alpha value is -0.110. The maximum absolute atomic E-state index is 11.9. The topological polar surface area (TPSA) is 46.5 Å². The third-order valence-electron chi connectivity index (χ3n) is 2.49. The van der Waals surface area contributed by atoms with Crippen molar-refractivity contribution in [3.8, 4) is 0 Å². The maximum atomic E-state index is 11.9. The summed E-state index contributed by atoms with van der Waals surface area (Å²) in [5, 5.41) is 0.537. The Bertz CT molecular complexity index is 331. The fraction of sp³-hybridized carbons (Fsp3) is 0.818. The monoisotopic (exact) mass is 232 g/mol. The Morgan fingerprint density at radius 1 is 1.27 bits per heavy atom. The van der Waals surface area contributed by atoms with E-state index in [0.29, 0.717) is 5.31 Å². The van der Waals surface area contributed by atoms with E-state index in [4.69, 9.17) is 4.52 Å². The molecule has 1 rings (SSSR count). The van der Waals surface area contributed by atoms with Gasteiger partial charge in [0.2, 0.25) is 0 Å².